The number of benzene rings is 1. The Hall–Kier alpha value is -1.28. The summed E-state index contributed by atoms with van der Waals surface area (Å²) in [5, 5.41) is 0. The van der Waals surface area contributed by atoms with Crippen LogP contribution in [0.5, 0.6) is 5.75 Å². The Morgan fingerprint density at radius 2 is 1.95 bits per heavy atom. The zero-order chi connectivity index (χ0) is 14.3. The van der Waals surface area contributed by atoms with Gasteiger partial charge in [-0.25, -0.2) is 0 Å². The highest BCUT2D eigenvalue weighted by molar-refractivity contribution is 7.88. The van der Waals surface area contributed by atoms with Crippen LogP contribution >= 0.6 is 0 Å². The van der Waals surface area contributed by atoms with Crippen molar-refractivity contribution in [1.29, 1.82) is 0 Å². The highest BCUT2D eigenvalue weighted by Gasteiger charge is 2.48. The van der Waals surface area contributed by atoms with Gasteiger partial charge in [0.25, 0.3) is 0 Å². The number of rotatable bonds is 4. The van der Waals surface area contributed by atoms with Crippen LogP contribution in [0.3, 0.4) is 0 Å². The molecule has 0 unspecified atom stereocenters. The molecule has 8 heteroatoms. The van der Waals surface area contributed by atoms with Crippen LogP contribution in [0.2, 0.25) is 0 Å². The first-order chi connectivity index (χ1) is 8.74. The van der Waals surface area contributed by atoms with Crippen LogP contribution < -0.4 is 9.92 Å². The summed E-state index contributed by atoms with van der Waals surface area (Å²) in [7, 11) is -5.66. The van der Waals surface area contributed by atoms with Gasteiger partial charge in [0, 0.05) is 12.1 Å². The second-order valence-corrected chi connectivity index (χ2v) is 5.87. The lowest BCUT2D eigenvalue weighted by Crippen LogP contribution is -2.28. The van der Waals surface area contributed by atoms with E-state index in [1.165, 1.54) is 12.1 Å². The molecule has 1 aliphatic carbocycles. The molecule has 2 N–H and O–H groups in total. The first-order valence-corrected chi connectivity index (χ1v) is 6.99. The van der Waals surface area contributed by atoms with Gasteiger partial charge in [-0.05, 0) is 30.4 Å². The van der Waals surface area contributed by atoms with Gasteiger partial charge < -0.3 is 9.92 Å². The van der Waals surface area contributed by atoms with Crippen molar-refractivity contribution in [3.63, 3.8) is 0 Å². The van der Waals surface area contributed by atoms with E-state index in [1.54, 1.807) is 6.07 Å². The van der Waals surface area contributed by atoms with E-state index >= 15 is 0 Å². The fraction of sp³-hybridized carbons (Fsp3) is 0.455. The van der Waals surface area contributed by atoms with Gasteiger partial charge in [0.2, 0.25) is 0 Å². The minimum atomic E-state index is -5.66. The number of hydrogen-bond acceptors (Lipinski definition) is 4. The maximum Gasteiger partial charge on any atom is 0.534 e. The molecule has 4 nitrogen and oxygen atoms in total. The molecule has 0 saturated heterocycles. The Balaban J connectivity index is 2.35. The van der Waals surface area contributed by atoms with Crippen molar-refractivity contribution in [2.24, 2.45) is 5.73 Å². The molecule has 1 aromatic rings. The van der Waals surface area contributed by atoms with E-state index in [2.05, 4.69) is 4.18 Å². The Bertz CT molecular complexity index is 579. The highest BCUT2D eigenvalue weighted by atomic mass is 32.2. The summed E-state index contributed by atoms with van der Waals surface area (Å²) in [6.45, 7) is -0.104. The summed E-state index contributed by atoms with van der Waals surface area (Å²) in [4.78, 5) is 0. The highest BCUT2D eigenvalue weighted by Crippen LogP contribution is 2.42. The van der Waals surface area contributed by atoms with Gasteiger partial charge in [-0.1, -0.05) is 12.1 Å². The molecule has 0 spiro atoms. The molecule has 19 heavy (non-hydrogen) atoms. The van der Waals surface area contributed by atoms with Gasteiger partial charge in [-0.15, -0.1) is 0 Å². The number of alkyl halides is 3. The van der Waals surface area contributed by atoms with Crippen LogP contribution in [0.15, 0.2) is 18.2 Å². The Kier molecular flexibility index (Phi) is 3.48. The fourth-order valence-electron chi connectivity index (χ4n) is 1.65. The molecule has 0 aromatic heterocycles. The van der Waals surface area contributed by atoms with Crippen molar-refractivity contribution in [1.82, 2.24) is 0 Å². The standard InChI is InChI=1S/C11H12F3NO3S/c12-11(13,14)19(16,17)18-10-5-8(7-1-2-7)3-4-9(10)6-15/h3-5,7H,1-2,6,15H2. The molecule has 0 aliphatic heterocycles. The summed E-state index contributed by atoms with van der Waals surface area (Å²) in [5.74, 6) is -0.0769. The summed E-state index contributed by atoms with van der Waals surface area (Å²) in [5.41, 5.74) is 0.902. The normalized spacial score (nSPS) is 16.4. The van der Waals surface area contributed by atoms with Crippen molar-refractivity contribution in [2.75, 3.05) is 0 Å². The van der Waals surface area contributed by atoms with Crippen molar-refractivity contribution in [2.45, 2.75) is 30.8 Å². The number of nitrogens with two attached hydrogens (primary N) is 1. The lowest BCUT2D eigenvalue weighted by molar-refractivity contribution is -0.0500. The van der Waals surface area contributed by atoms with E-state index in [0.717, 1.165) is 18.4 Å². The number of hydrogen-bond donors (Lipinski definition) is 1. The minimum absolute atomic E-state index is 0.104. The molecule has 0 amide bonds. The van der Waals surface area contributed by atoms with Crippen LogP contribution in [-0.2, 0) is 16.7 Å². The van der Waals surface area contributed by atoms with E-state index in [9.17, 15) is 21.6 Å². The average Bonchev–Trinajstić information content (AvgIpc) is 3.10. The second kappa shape index (κ2) is 4.68. The molecule has 2 rings (SSSR count). The average molecular weight is 295 g/mol. The third-order valence-electron chi connectivity index (χ3n) is 2.84. The zero-order valence-corrected chi connectivity index (χ0v) is 10.6. The van der Waals surface area contributed by atoms with Gasteiger partial charge in [-0.3, -0.25) is 0 Å². The molecule has 1 saturated carbocycles. The SMILES string of the molecule is NCc1ccc(C2CC2)cc1OS(=O)(=O)C(F)(F)F. The van der Waals surface area contributed by atoms with E-state index in [0.29, 0.717) is 0 Å². The van der Waals surface area contributed by atoms with E-state index in [1.807, 2.05) is 0 Å². The summed E-state index contributed by atoms with van der Waals surface area (Å²) >= 11 is 0. The smallest absolute Gasteiger partial charge is 0.376 e. The molecule has 1 fully saturated rings. The predicted molar refractivity (Wildman–Crippen MR) is 61.9 cm³/mol. The van der Waals surface area contributed by atoms with Gasteiger partial charge in [0.1, 0.15) is 5.75 Å². The molecule has 0 atom stereocenters. The molecule has 0 heterocycles. The van der Waals surface area contributed by atoms with Crippen LogP contribution in [-0.4, -0.2) is 13.9 Å². The van der Waals surface area contributed by atoms with Crippen molar-refractivity contribution in [3.05, 3.63) is 29.3 Å². The van der Waals surface area contributed by atoms with Crippen LogP contribution in [0, 0.1) is 0 Å². The van der Waals surface area contributed by atoms with E-state index in [4.69, 9.17) is 5.73 Å². The van der Waals surface area contributed by atoms with Gasteiger partial charge in [0.15, 0.2) is 0 Å². The van der Waals surface area contributed by atoms with Crippen molar-refractivity contribution in [3.8, 4) is 5.75 Å². The van der Waals surface area contributed by atoms with Crippen LogP contribution in [0.1, 0.15) is 29.9 Å². The monoisotopic (exact) mass is 295 g/mol. The summed E-state index contributed by atoms with van der Waals surface area (Å²) < 4.78 is 63.0. The molecular formula is C11H12F3NO3S. The Morgan fingerprint density at radius 3 is 2.42 bits per heavy atom. The van der Waals surface area contributed by atoms with Crippen LogP contribution in [0.25, 0.3) is 0 Å². The molecule has 1 aromatic carbocycles. The van der Waals surface area contributed by atoms with E-state index < -0.39 is 15.6 Å². The van der Waals surface area contributed by atoms with Gasteiger partial charge >= 0.3 is 15.6 Å². The predicted octanol–water partition coefficient (Wildman–Crippen LogP) is 2.25. The minimum Gasteiger partial charge on any atom is -0.376 e. The molecule has 0 radical (unpaired) electrons. The van der Waals surface area contributed by atoms with Crippen LogP contribution in [0.4, 0.5) is 13.2 Å². The molecule has 106 valence electrons. The maximum absolute atomic E-state index is 12.3. The Morgan fingerprint density at radius 1 is 1.32 bits per heavy atom. The summed E-state index contributed by atoms with van der Waals surface area (Å²) in [6.07, 6.45) is 1.88. The zero-order valence-electron chi connectivity index (χ0n) is 9.77. The lowest BCUT2D eigenvalue weighted by Gasteiger charge is -2.13. The van der Waals surface area contributed by atoms with Crippen molar-refractivity contribution < 1.29 is 25.8 Å². The van der Waals surface area contributed by atoms with Crippen molar-refractivity contribution >= 4 is 10.1 Å². The topological polar surface area (TPSA) is 69.4 Å². The lowest BCUT2D eigenvalue weighted by atomic mass is 10.1. The maximum atomic E-state index is 12.3. The third-order valence-corrected chi connectivity index (χ3v) is 3.81. The fourth-order valence-corrected chi connectivity index (χ4v) is 2.14. The third kappa shape index (κ3) is 3.01. The summed E-state index contributed by atoms with van der Waals surface area (Å²) in [6, 6.07) is 4.55. The largest absolute Gasteiger partial charge is 0.534 e. The molecule has 1 aliphatic rings. The first kappa shape index (κ1) is 14.1. The Labute approximate surface area is 108 Å². The molecule has 0 bridgehead atoms. The quantitative estimate of drug-likeness (QED) is 0.683. The second-order valence-electron chi connectivity index (χ2n) is 4.33. The van der Waals surface area contributed by atoms with Gasteiger partial charge in [0.05, 0.1) is 0 Å². The molecular weight excluding hydrogens is 283 g/mol. The first-order valence-electron chi connectivity index (χ1n) is 5.58. The number of halogens is 3. The van der Waals surface area contributed by atoms with Gasteiger partial charge in [-0.2, -0.15) is 21.6 Å². The van der Waals surface area contributed by atoms with E-state index in [-0.39, 0.29) is 23.8 Å².